The minimum atomic E-state index is -0.704. The van der Waals surface area contributed by atoms with E-state index in [-0.39, 0.29) is 5.69 Å². The summed E-state index contributed by atoms with van der Waals surface area (Å²) in [6.45, 7) is 0. The molecule has 0 aliphatic heterocycles. The lowest BCUT2D eigenvalue weighted by molar-refractivity contribution is 0.0987. The second-order valence-corrected chi connectivity index (χ2v) is 3.87. The maximum absolute atomic E-state index is 13.0. The van der Waals surface area contributed by atoms with E-state index in [0.29, 0.717) is 11.3 Å². The Hall–Kier alpha value is -2.74. The normalized spacial score (nSPS) is 9.74. The van der Waals surface area contributed by atoms with Crippen LogP contribution in [0.15, 0.2) is 42.5 Å². The van der Waals surface area contributed by atoms with Crippen LogP contribution in [0.5, 0.6) is 0 Å². The monoisotopic (exact) mass is 255 g/mol. The van der Waals surface area contributed by atoms with Gasteiger partial charge in [-0.15, -0.1) is 0 Å². The van der Waals surface area contributed by atoms with Crippen LogP contribution >= 0.6 is 0 Å². The van der Waals surface area contributed by atoms with Crippen LogP contribution in [0.2, 0.25) is 0 Å². The number of anilines is 1. The first-order chi connectivity index (χ1) is 9.11. The van der Waals surface area contributed by atoms with Gasteiger partial charge in [0.25, 0.3) is 5.91 Å². The average molecular weight is 255 g/mol. The minimum Gasteiger partial charge on any atom is -0.310 e. The summed E-state index contributed by atoms with van der Waals surface area (Å²) in [5, 5.41) is 8.82. The number of hydrogen-bond donors (Lipinski definition) is 0. The summed E-state index contributed by atoms with van der Waals surface area (Å²) >= 11 is 0. The van der Waals surface area contributed by atoms with Crippen molar-refractivity contribution in [1.82, 2.24) is 4.98 Å². The molecule has 0 aliphatic rings. The number of nitriles is 1. The molecular weight excluding hydrogens is 245 g/mol. The maximum Gasteiger partial charge on any atom is 0.276 e. The third kappa shape index (κ3) is 2.75. The summed E-state index contributed by atoms with van der Waals surface area (Å²) in [7, 11) is 1.55. The third-order valence-electron chi connectivity index (χ3n) is 2.60. The maximum atomic E-state index is 13.0. The van der Waals surface area contributed by atoms with Gasteiger partial charge in [0.15, 0.2) is 0 Å². The lowest BCUT2D eigenvalue weighted by Crippen LogP contribution is -2.27. The molecule has 1 heterocycles. The van der Waals surface area contributed by atoms with Gasteiger partial charge >= 0.3 is 0 Å². The van der Waals surface area contributed by atoms with Gasteiger partial charge in [-0.3, -0.25) is 4.79 Å². The van der Waals surface area contributed by atoms with Gasteiger partial charge in [-0.1, -0.05) is 12.1 Å². The Balaban J connectivity index is 2.31. The minimum absolute atomic E-state index is 0.0184. The topological polar surface area (TPSA) is 57.0 Å². The van der Waals surface area contributed by atoms with Crippen molar-refractivity contribution in [1.29, 1.82) is 5.26 Å². The molecule has 19 heavy (non-hydrogen) atoms. The molecule has 1 aromatic heterocycles. The van der Waals surface area contributed by atoms with Crippen molar-refractivity contribution in [3.63, 3.8) is 0 Å². The zero-order valence-electron chi connectivity index (χ0n) is 10.2. The summed E-state index contributed by atoms with van der Waals surface area (Å²) in [5.74, 6) is -1.14. The quantitative estimate of drug-likeness (QED) is 0.774. The van der Waals surface area contributed by atoms with Gasteiger partial charge in [-0.2, -0.15) is 9.65 Å². The number of rotatable bonds is 2. The van der Waals surface area contributed by atoms with E-state index in [2.05, 4.69) is 4.98 Å². The number of carbonyl (C=O) groups excluding carboxylic acids is 1. The van der Waals surface area contributed by atoms with E-state index in [0.717, 1.165) is 0 Å². The number of benzene rings is 1. The van der Waals surface area contributed by atoms with Crippen LogP contribution in [0.4, 0.5) is 10.1 Å². The predicted octanol–water partition coefficient (Wildman–Crippen LogP) is 2.37. The highest BCUT2D eigenvalue weighted by Crippen LogP contribution is 2.16. The molecule has 2 aromatic rings. The lowest BCUT2D eigenvalue weighted by Gasteiger charge is -2.16. The van der Waals surface area contributed by atoms with E-state index in [1.807, 2.05) is 6.07 Å². The molecule has 0 aliphatic carbocycles. The van der Waals surface area contributed by atoms with Crippen molar-refractivity contribution >= 4 is 11.6 Å². The molecule has 1 amide bonds. The van der Waals surface area contributed by atoms with Gasteiger partial charge in [0.05, 0.1) is 11.6 Å². The number of halogens is 1. The molecule has 0 saturated heterocycles. The fraction of sp³-hybridized carbons (Fsp3) is 0.0714. The molecule has 0 bridgehead atoms. The smallest absolute Gasteiger partial charge is 0.276 e. The molecular formula is C14H10FN3O. The van der Waals surface area contributed by atoms with Crippen LogP contribution in [-0.4, -0.2) is 17.9 Å². The molecule has 94 valence electrons. The van der Waals surface area contributed by atoms with E-state index in [4.69, 9.17) is 5.26 Å². The van der Waals surface area contributed by atoms with Gasteiger partial charge in [-0.05, 0) is 30.3 Å². The number of aromatic nitrogens is 1. The highest BCUT2D eigenvalue weighted by molar-refractivity contribution is 6.04. The third-order valence-corrected chi connectivity index (χ3v) is 2.60. The summed E-state index contributed by atoms with van der Waals surface area (Å²) in [6, 6.07) is 12.6. The summed E-state index contributed by atoms with van der Waals surface area (Å²) in [4.78, 5) is 17.0. The lowest BCUT2D eigenvalue weighted by atomic mass is 10.2. The Labute approximate surface area is 109 Å². The second-order valence-electron chi connectivity index (χ2n) is 3.87. The average Bonchev–Trinajstić information content (AvgIpc) is 2.45. The largest absolute Gasteiger partial charge is 0.310 e. The molecule has 2 rings (SSSR count). The van der Waals surface area contributed by atoms with Gasteiger partial charge in [0.2, 0.25) is 5.95 Å². The number of pyridine rings is 1. The summed E-state index contributed by atoms with van der Waals surface area (Å²) in [6.07, 6.45) is 0. The summed E-state index contributed by atoms with van der Waals surface area (Å²) < 4.78 is 13.0. The van der Waals surface area contributed by atoms with Crippen LogP contribution in [0.25, 0.3) is 0 Å². The second kappa shape index (κ2) is 5.27. The van der Waals surface area contributed by atoms with Crippen molar-refractivity contribution in [2.45, 2.75) is 0 Å². The Morgan fingerprint density at radius 1 is 1.32 bits per heavy atom. The van der Waals surface area contributed by atoms with Crippen LogP contribution < -0.4 is 4.90 Å². The van der Waals surface area contributed by atoms with Crippen LogP contribution in [0, 0.1) is 17.3 Å². The highest BCUT2D eigenvalue weighted by atomic mass is 19.1. The molecule has 0 atom stereocenters. The number of amides is 1. The van der Waals surface area contributed by atoms with E-state index < -0.39 is 11.9 Å². The Kier molecular flexibility index (Phi) is 3.53. The van der Waals surface area contributed by atoms with E-state index in [1.54, 1.807) is 31.3 Å². The number of nitrogens with zero attached hydrogens (tertiary/aromatic N) is 3. The molecule has 1 aromatic carbocycles. The zero-order chi connectivity index (χ0) is 13.8. The van der Waals surface area contributed by atoms with Crippen LogP contribution in [0.3, 0.4) is 0 Å². The van der Waals surface area contributed by atoms with Gasteiger partial charge in [0.1, 0.15) is 5.69 Å². The first-order valence-electron chi connectivity index (χ1n) is 5.52. The van der Waals surface area contributed by atoms with Crippen molar-refractivity contribution < 1.29 is 9.18 Å². The summed E-state index contributed by atoms with van der Waals surface area (Å²) in [5.41, 5.74) is 1.02. The van der Waals surface area contributed by atoms with Crippen molar-refractivity contribution in [2.75, 3.05) is 11.9 Å². The molecule has 0 N–H and O–H groups in total. The Morgan fingerprint density at radius 3 is 2.74 bits per heavy atom. The Morgan fingerprint density at radius 2 is 2.05 bits per heavy atom. The molecule has 0 radical (unpaired) electrons. The fourth-order valence-corrected chi connectivity index (χ4v) is 1.60. The van der Waals surface area contributed by atoms with E-state index in [9.17, 15) is 9.18 Å². The van der Waals surface area contributed by atoms with Crippen molar-refractivity contribution in [2.24, 2.45) is 0 Å². The zero-order valence-corrected chi connectivity index (χ0v) is 10.2. The van der Waals surface area contributed by atoms with Crippen molar-refractivity contribution in [3.05, 3.63) is 59.7 Å². The van der Waals surface area contributed by atoms with Gasteiger partial charge in [-0.25, -0.2) is 4.98 Å². The highest BCUT2D eigenvalue weighted by Gasteiger charge is 2.15. The fourth-order valence-electron chi connectivity index (χ4n) is 1.60. The molecule has 0 spiro atoms. The molecule has 5 heteroatoms. The number of hydrogen-bond acceptors (Lipinski definition) is 3. The Bertz CT molecular complexity index is 664. The van der Waals surface area contributed by atoms with Gasteiger partial charge in [0, 0.05) is 12.7 Å². The molecule has 0 saturated carbocycles. The molecule has 0 unspecified atom stereocenters. The van der Waals surface area contributed by atoms with E-state index in [1.165, 1.54) is 23.1 Å². The van der Waals surface area contributed by atoms with Crippen LogP contribution in [-0.2, 0) is 0 Å². The van der Waals surface area contributed by atoms with Crippen LogP contribution in [0.1, 0.15) is 16.1 Å². The van der Waals surface area contributed by atoms with Gasteiger partial charge < -0.3 is 4.90 Å². The SMILES string of the molecule is CN(C(=O)c1cccc(F)n1)c1cccc(C#N)c1. The number of carbonyl (C=O) groups is 1. The molecule has 0 fully saturated rings. The molecule has 4 nitrogen and oxygen atoms in total. The standard InChI is InChI=1S/C14H10FN3O/c1-18(11-5-2-4-10(8-11)9-16)14(19)12-6-3-7-13(15)17-12/h2-8H,1H3. The first kappa shape index (κ1) is 12.7. The van der Waals surface area contributed by atoms with Crippen molar-refractivity contribution in [3.8, 4) is 6.07 Å². The first-order valence-corrected chi connectivity index (χ1v) is 5.52. The van der Waals surface area contributed by atoms with E-state index >= 15 is 0 Å². The predicted molar refractivity (Wildman–Crippen MR) is 68.1 cm³/mol.